The molecule has 1 amide bonds. The number of nitro groups is 1. The van der Waals surface area contributed by atoms with Crippen LogP contribution in [-0.4, -0.2) is 48.5 Å². The van der Waals surface area contributed by atoms with Crippen molar-refractivity contribution in [3.63, 3.8) is 0 Å². The maximum atomic E-state index is 12.3. The molecule has 0 radical (unpaired) electrons. The molecule has 0 N–H and O–H groups in total. The third-order valence-corrected chi connectivity index (χ3v) is 4.45. The van der Waals surface area contributed by atoms with Crippen LogP contribution in [-0.2, 0) is 4.79 Å². The molecule has 7 nitrogen and oxygen atoms in total. The van der Waals surface area contributed by atoms with Crippen LogP contribution in [0.5, 0.6) is 5.75 Å². The van der Waals surface area contributed by atoms with E-state index in [1.54, 1.807) is 17.0 Å². The molecule has 1 saturated heterocycles. The number of nitro benzene ring substituents is 1. The van der Waals surface area contributed by atoms with Crippen LogP contribution in [0.4, 0.5) is 11.4 Å². The smallest absolute Gasteiger partial charge is 0.310 e. The van der Waals surface area contributed by atoms with Crippen molar-refractivity contribution in [1.82, 2.24) is 4.90 Å². The maximum Gasteiger partial charge on any atom is 0.310 e. The maximum absolute atomic E-state index is 12.3. The number of hydrogen-bond acceptors (Lipinski definition) is 5. The largest absolute Gasteiger partial charge is 0.477 e. The molecule has 8 heteroatoms. The van der Waals surface area contributed by atoms with E-state index in [2.05, 4.69) is 4.90 Å². The summed E-state index contributed by atoms with van der Waals surface area (Å²) in [6.45, 7) is 2.29. The quantitative estimate of drug-likeness (QED) is 0.593. The Morgan fingerprint density at radius 3 is 2.54 bits per heavy atom. The summed E-state index contributed by atoms with van der Waals surface area (Å²) in [5, 5.41) is 11.7. The minimum Gasteiger partial charge on any atom is -0.477 e. The van der Waals surface area contributed by atoms with E-state index in [1.807, 2.05) is 24.3 Å². The first-order valence-corrected chi connectivity index (χ1v) is 8.57. The molecule has 1 aliphatic rings. The van der Waals surface area contributed by atoms with Crippen LogP contribution in [0.15, 0.2) is 48.5 Å². The number of carbonyl (C=O) groups is 1. The van der Waals surface area contributed by atoms with Crippen LogP contribution in [0, 0.1) is 10.1 Å². The average molecular weight is 376 g/mol. The summed E-state index contributed by atoms with van der Waals surface area (Å²) in [5.74, 6) is -0.0858. The lowest BCUT2D eigenvalue weighted by Gasteiger charge is -2.36. The molecule has 2 aromatic carbocycles. The van der Waals surface area contributed by atoms with Crippen LogP contribution in [0.1, 0.15) is 0 Å². The molecule has 26 heavy (non-hydrogen) atoms. The Bertz CT molecular complexity index is 807. The first-order valence-electron chi connectivity index (χ1n) is 8.19. The van der Waals surface area contributed by atoms with Crippen molar-refractivity contribution in [3.05, 3.63) is 63.7 Å². The summed E-state index contributed by atoms with van der Waals surface area (Å²) in [6, 6.07) is 13.6. The molecule has 1 fully saturated rings. The third-order valence-electron chi connectivity index (χ3n) is 4.22. The van der Waals surface area contributed by atoms with Crippen LogP contribution in [0.2, 0.25) is 5.02 Å². The van der Waals surface area contributed by atoms with Crippen molar-refractivity contribution in [2.75, 3.05) is 37.7 Å². The molecule has 0 bridgehead atoms. The second-order valence-electron chi connectivity index (χ2n) is 5.86. The van der Waals surface area contributed by atoms with E-state index in [9.17, 15) is 14.9 Å². The van der Waals surface area contributed by atoms with Gasteiger partial charge in [-0.3, -0.25) is 14.9 Å². The summed E-state index contributed by atoms with van der Waals surface area (Å²) in [4.78, 5) is 26.7. The minimum atomic E-state index is -0.524. The Morgan fingerprint density at radius 1 is 1.12 bits per heavy atom. The number of halogens is 1. The highest BCUT2D eigenvalue weighted by atomic mass is 35.5. The van der Waals surface area contributed by atoms with Crippen molar-refractivity contribution in [2.24, 2.45) is 0 Å². The molecule has 1 aliphatic heterocycles. The van der Waals surface area contributed by atoms with Gasteiger partial charge in [-0.2, -0.15) is 0 Å². The Kier molecular flexibility index (Phi) is 5.58. The summed E-state index contributed by atoms with van der Waals surface area (Å²) in [7, 11) is 0. The lowest BCUT2D eigenvalue weighted by molar-refractivity contribution is -0.385. The number of carbonyl (C=O) groups excluding carboxylic acids is 1. The first-order chi connectivity index (χ1) is 12.5. The predicted octanol–water partition coefficient (Wildman–Crippen LogP) is 2.98. The fourth-order valence-corrected chi connectivity index (χ4v) is 3.03. The third kappa shape index (κ3) is 4.23. The topological polar surface area (TPSA) is 75.9 Å². The highest BCUT2D eigenvalue weighted by molar-refractivity contribution is 6.30. The number of nitrogens with zero attached hydrogens (tertiary/aromatic N) is 3. The molecule has 1 heterocycles. The van der Waals surface area contributed by atoms with Gasteiger partial charge in [0.05, 0.1) is 4.92 Å². The highest BCUT2D eigenvalue weighted by Crippen LogP contribution is 2.26. The molecule has 0 saturated carbocycles. The lowest BCUT2D eigenvalue weighted by atomic mass is 10.2. The number of anilines is 1. The normalized spacial score (nSPS) is 14.2. The molecule has 3 rings (SSSR count). The van der Waals surface area contributed by atoms with Crippen molar-refractivity contribution < 1.29 is 14.5 Å². The Morgan fingerprint density at radius 2 is 1.85 bits per heavy atom. The number of para-hydroxylation sites is 2. The zero-order valence-electron chi connectivity index (χ0n) is 14.0. The summed E-state index contributed by atoms with van der Waals surface area (Å²) < 4.78 is 5.38. The Hall–Kier alpha value is -2.80. The van der Waals surface area contributed by atoms with Gasteiger partial charge in [-0.25, -0.2) is 0 Å². The van der Waals surface area contributed by atoms with Crippen LogP contribution in [0.25, 0.3) is 0 Å². The van der Waals surface area contributed by atoms with E-state index in [0.29, 0.717) is 31.2 Å². The van der Waals surface area contributed by atoms with E-state index in [4.69, 9.17) is 16.3 Å². The second-order valence-corrected chi connectivity index (χ2v) is 6.30. The van der Waals surface area contributed by atoms with Crippen LogP contribution < -0.4 is 9.64 Å². The second kappa shape index (κ2) is 8.05. The molecule has 136 valence electrons. The molecular weight excluding hydrogens is 358 g/mol. The molecular formula is C18H18ClN3O4. The highest BCUT2D eigenvalue weighted by Gasteiger charge is 2.23. The molecule has 0 atom stereocenters. The SMILES string of the molecule is O=C(COc1ccccc1[N+](=O)[O-])N1CCN(c2cccc(Cl)c2)CC1. The standard InChI is InChI=1S/C18H18ClN3O4/c19-14-4-3-5-15(12-14)20-8-10-21(11-9-20)18(23)13-26-17-7-2-1-6-16(17)22(24)25/h1-7,12H,8-11,13H2. The Balaban J connectivity index is 1.54. The summed E-state index contributed by atoms with van der Waals surface area (Å²) in [6.07, 6.45) is 0. The van der Waals surface area contributed by atoms with E-state index < -0.39 is 4.92 Å². The van der Waals surface area contributed by atoms with Gasteiger partial charge in [-0.15, -0.1) is 0 Å². The number of benzene rings is 2. The fourth-order valence-electron chi connectivity index (χ4n) is 2.85. The van der Waals surface area contributed by atoms with Crippen molar-refractivity contribution in [1.29, 1.82) is 0 Å². The molecule has 0 spiro atoms. The van der Waals surface area contributed by atoms with E-state index in [0.717, 1.165) is 5.69 Å². The Labute approximate surface area is 155 Å². The average Bonchev–Trinajstić information content (AvgIpc) is 2.66. The van der Waals surface area contributed by atoms with Crippen molar-refractivity contribution in [3.8, 4) is 5.75 Å². The summed E-state index contributed by atoms with van der Waals surface area (Å²) >= 11 is 6.02. The monoisotopic (exact) mass is 375 g/mol. The van der Waals surface area contributed by atoms with E-state index in [-0.39, 0.29) is 24.0 Å². The van der Waals surface area contributed by atoms with E-state index in [1.165, 1.54) is 12.1 Å². The van der Waals surface area contributed by atoms with Gasteiger partial charge < -0.3 is 14.5 Å². The number of piperazine rings is 1. The molecule has 0 aromatic heterocycles. The van der Waals surface area contributed by atoms with Gasteiger partial charge in [0, 0.05) is 43.0 Å². The van der Waals surface area contributed by atoms with Crippen molar-refractivity contribution in [2.45, 2.75) is 0 Å². The predicted molar refractivity (Wildman–Crippen MR) is 98.8 cm³/mol. The van der Waals surface area contributed by atoms with E-state index >= 15 is 0 Å². The fraction of sp³-hybridized carbons (Fsp3) is 0.278. The number of rotatable bonds is 5. The molecule has 0 aliphatic carbocycles. The lowest BCUT2D eigenvalue weighted by Crippen LogP contribution is -2.50. The number of ether oxygens (including phenoxy) is 1. The van der Waals surface area contributed by atoms with Gasteiger partial charge in [-0.1, -0.05) is 29.8 Å². The van der Waals surface area contributed by atoms with Gasteiger partial charge in [0.15, 0.2) is 12.4 Å². The minimum absolute atomic E-state index is 0.100. The zero-order valence-corrected chi connectivity index (χ0v) is 14.8. The van der Waals surface area contributed by atoms with Gasteiger partial charge in [0.1, 0.15) is 0 Å². The van der Waals surface area contributed by atoms with Crippen LogP contribution >= 0.6 is 11.6 Å². The van der Waals surface area contributed by atoms with Gasteiger partial charge >= 0.3 is 5.69 Å². The van der Waals surface area contributed by atoms with Gasteiger partial charge in [0.25, 0.3) is 5.91 Å². The van der Waals surface area contributed by atoms with Crippen molar-refractivity contribution >= 4 is 28.9 Å². The molecule has 0 unspecified atom stereocenters. The van der Waals surface area contributed by atoms with Gasteiger partial charge in [-0.05, 0) is 24.3 Å². The molecule has 2 aromatic rings. The first kappa shape index (κ1) is 18.0. The number of amides is 1. The zero-order chi connectivity index (χ0) is 18.5. The van der Waals surface area contributed by atoms with Crippen LogP contribution in [0.3, 0.4) is 0 Å². The number of hydrogen-bond donors (Lipinski definition) is 0. The van der Waals surface area contributed by atoms with Gasteiger partial charge in [0.2, 0.25) is 0 Å². The summed E-state index contributed by atoms with van der Waals surface area (Å²) in [5.41, 5.74) is 0.881.